The van der Waals surface area contributed by atoms with Crippen LogP contribution in [0.2, 0.25) is 5.82 Å². The first-order chi connectivity index (χ1) is 16.0. The zero-order chi connectivity index (χ0) is 24.7. The highest BCUT2D eigenvalue weighted by atomic mass is 32.1. The van der Waals surface area contributed by atoms with E-state index in [9.17, 15) is 0 Å². The maximum absolute atomic E-state index is 6.35. The van der Waals surface area contributed by atoms with Crippen molar-refractivity contribution in [2.24, 2.45) is 0 Å². The SMILES string of the molecule is CCOB(OC(C)(C)CC)C1C=CC(c2ccc(B3OC(C)(C)C(C)(C)O3)c3sccc23)=CC1. The zero-order valence-electron chi connectivity index (χ0n) is 21.9. The molecule has 1 saturated heterocycles. The average Bonchev–Trinajstić information content (AvgIpc) is 3.35. The Balaban J connectivity index is 1.57. The van der Waals surface area contributed by atoms with Crippen LogP contribution in [0, 0.1) is 0 Å². The van der Waals surface area contributed by atoms with E-state index < -0.39 is 0 Å². The van der Waals surface area contributed by atoms with E-state index in [4.69, 9.17) is 18.6 Å². The highest BCUT2D eigenvalue weighted by Gasteiger charge is 2.52. The molecule has 1 aromatic carbocycles. The van der Waals surface area contributed by atoms with E-state index in [1.54, 1.807) is 11.3 Å². The van der Waals surface area contributed by atoms with Crippen LogP contribution in [0.25, 0.3) is 15.7 Å². The van der Waals surface area contributed by atoms with E-state index in [-0.39, 0.29) is 36.9 Å². The summed E-state index contributed by atoms with van der Waals surface area (Å²) in [7, 11) is -0.590. The summed E-state index contributed by atoms with van der Waals surface area (Å²) in [4.78, 5) is 0. The van der Waals surface area contributed by atoms with Crippen molar-refractivity contribution >= 4 is 46.7 Å². The van der Waals surface area contributed by atoms with Gasteiger partial charge in [-0.15, -0.1) is 11.3 Å². The van der Waals surface area contributed by atoms with Crippen molar-refractivity contribution < 1.29 is 18.6 Å². The fourth-order valence-electron chi connectivity index (χ4n) is 4.34. The second kappa shape index (κ2) is 9.59. The first-order valence-corrected chi connectivity index (χ1v) is 13.4. The van der Waals surface area contributed by atoms with Gasteiger partial charge in [-0.3, -0.25) is 0 Å². The van der Waals surface area contributed by atoms with E-state index >= 15 is 0 Å². The van der Waals surface area contributed by atoms with E-state index in [1.165, 1.54) is 21.2 Å². The Labute approximate surface area is 210 Å². The van der Waals surface area contributed by atoms with Gasteiger partial charge in [0.05, 0.1) is 11.2 Å². The summed E-state index contributed by atoms with van der Waals surface area (Å²) in [6, 6.07) is 6.59. The number of hydrogen-bond donors (Lipinski definition) is 0. The Morgan fingerprint density at radius 3 is 2.41 bits per heavy atom. The Bertz CT molecular complexity index is 1070. The van der Waals surface area contributed by atoms with Gasteiger partial charge in [0, 0.05) is 28.2 Å². The monoisotopic (exact) mass is 480 g/mol. The quantitative estimate of drug-likeness (QED) is 0.397. The predicted molar refractivity (Wildman–Crippen MR) is 146 cm³/mol. The van der Waals surface area contributed by atoms with Gasteiger partial charge in [-0.25, -0.2) is 0 Å². The average molecular weight is 480 g/mol. The zero-order valence-corrected chi connectivity index (χ0v) is 22.8. The molecule has 182 valence electrons. The van der Waals surface area contributed by atoms with Crippen LogP contribution < -0.4 is 5.46 Å². The molecule has 0 N–H and O–H groups in total. The summed E-state index contributed by atoms with van der Waals surface area (Å²) in [5.41, 5.74) is 2.69. The van der Waals surface area contributed by atoms with Gasteiger partial charge in [0.2, 0.25) is 0 Å². The highest BCUT2D eigenvalue weighted by molar-refractivity contribution is 7.18. The van der Waals surface area contributed by atoms with Crippen LogP contribution >= 0.6 is 11.3 Å². The number of allylic oxidation sites excluding steroid dienone is 4. The number of fused-ring (bicyclic) bond motifs is 1. The molecular formula is C27H38B2O4S. The molecule has 2 aromatic rings. The van der Waals surface area contributed by atoms with E-state index in [2.05, 4.69) is 90.3 Å². The van der Waals surface area contributed by atoms with Crippen molar-refractivity contribution in [2.75, 3.05) is 6.61 Å². The molecule has 0 spiro atoms. The summed E-state index contributed by atoms with van der Waals surface area (Å²) >= 11 is 1.75. The normalized spacial score (nSPS) is 21.8. The lowest BCUT2D eigenvalue weighted by atomic mass is 9.66. The van der Waals surface area contributed by atoms with Crippen LogP contribution in [0.4, 0.5) is 0 Å². The minimum atomic E-state index is -0.355. The Kier molecular flexibility index (Phi) is 7.25. The molecule has 4 rings (SSSR count). The third-order valence-electron chi connectivity index (χ3n) is 7.57. The van der Waals surface area contributed by atoms with E-state index in [0.717, 1.165) is 18.3 Å². The van der Waals surface area contributed by atoms with Gasteiger partial charge in [-0.2, -0.15) is 0 Å². The molecular weight excluding hydrogens is 442 g/mol. The molecule has 0 saturated carbocycles. The minimum absolute atomic E-state index is 0.205. The number of thiophene rings is 1. The molecule has 34 heavy (non-hydrogen) atoms. The fraction of sp³-hybridized carbons (Fsp3) is 0.556. The number of benzene rings is 1. The molecule has 1 unspecified atom stereocenters. The second-order valence-electron chi connectivity index (χ2n) is 10.9. The third kappa shape index (κ3) is 4.96. The summed E-state index contributed by atoms with van der Waals surface area (Å²) in [5, 5.41) is 3.40. The molecule has 1 atom stereocenters. The van der Waals surface area contributed by atoms with E-state index in [0.29, 0.717) is 6.61 Å². The van der Waals surface area contributed by atoms with Crippen LogP contribution in [0.15, 0.2) is 41.8 Å². The molecule has 4 nitrogen and oxygen atoms in total. The van der Waals surface area contributed by atoms with Crippen LogP contribution in [0.1, 0.15) is 73.8 Å². The van der Waals surface area contributed by atoms with Crippen LogP contribution in [0.5, 0.6) is 0 Å². The van der Waals surface area contributed by atoms with Gasteiger partial charge < -0.3 is 18.6 Å². The first kappa shape index (κ1) is 25.7. The predicted octanol–water partition coefficient (Wildman–Crippen LogP) is 6.64. The molecule has 2 aliphatic rings. The molecule has 0 amide bonds. The maximum Gasteiger partial charge on any atom is 0.496 e. The lowest BCUT2D eigenvalue weighted by Gasteiger charge is -2.32. The lowest BCUT2D eigenvalue weighted by Crippen LogP contribution is -2.41. The van der Waals surface area contributed by atoms with E-state index in [1.807, 2.05) is 6.92 Å². The van der Waals surface area contributed by atoms with Gasteiger partial charge in [-0.1, -0.05) is 37.3 Å². The molecule has 0 radical (unpaired) electrons. The smallest absolute Gasteiger partial charge is 0.411 e. The molecule has 7 heteroatoms. The highest BCUT2D eigenvalue weighted by Crippen LogP contribution is 2.39. The lowest BCUT2D eigenvalue weighted by molar-refractivity contribution is 0.00578. The largest absolute Gasteiger partial charge is 0.496 e. The number of rotatable bonds is 8. The van der Waals surface area contributed by atoms with Crippen molar-refractivity contribution in [3.8, 4) is 0 Å². The van der Waals surface area contributed by atoms with Gasteiger partial charge in [0.25, 0.3) is 0 Å². The van der Waals surface area contributed by atoms with Crippen LogP contribution in [0.3, 0.4) is 0 Å². The maximum atomic E-state index is 6.35. The Morgan fingerprint density at radius 1 is 1.12 bits per heavy atom. The van der Waals surface area contributed by atoms with Crippen LogP contribution in [-0.4, -0.2) is 37.6 Å². The van der Waals surface area contributed by atoms with Gasteiger partial charge in [0.15, 0.2) is 0 Å². The second-order valence-corrected chi connectivity index (χ2v) is 11.8. The standard InChI is InChI=1S/C27H38B2O4S/c1-9-25(3,4)31-28(30-10-2)20-13-11-19(12-14-20)21-15-16-23(24-22(21)17-18-34-24)29-32-26(5,6)27(7,8)33-29/h11-13,15-18,20H,9-10,14H2,1-8H3. The van der Waals surface area contributed by atoms with Gasteiger partial charge >= 0.3 is 14.2 Å². The summed E-state index contributed by atoms with van der Waals surface area (Å²) < 4.78 is 26.3. The van der Waals surface area contributed by atoms with Crippen molar-refractivity contribution in [3.63, 3.8) is 0 Å². The molecule has 2 heterocycles. The molecule has 1 fully saturated rings. The Morgan fingerprint density at radius 2 is 1.82 bits per heavy atom. The van der Waals surface area contributed by atoms with Crippen LogP contribution in [-0.2, 0) is 18.6 Å². The first-order valence-electron chi connectivity index (χ1n) is 12.5. The molecule has 1 aliphatic carbocycles. The van der Waals surface area contributed by atoms with Gasteiger partial charge in [-0.05, 0) is 89.3 Å². The molecule has 0 bridgehead atoms. The summed E-state index contributed by atoms with van der Waals surface area (Å²) in [6.07, 6.45) is 8.63. The fourth-order valence-corrected chi connectivity index (χ4v) is 5.28. The van der Waals surface area contributed by atoms with Crippen molar-refractivity contribution in [1.29, 1.82) is 0 Å². The molecule has 1 aromatic heterocycles. The topological polar surface area (TPSA) is 36.9 Å². The molecule has 1 aliphatic heterocycles. The summed E-state index contributed by atoms with van der Waals surface area (Å²) in [5.74, 6) is 0.205. The van der Waals surface area contributed by atoms with Crippen molar-refractivity contribution in [3.05, 3.63) is 47.4 Å². The third-order valence-corrected chi connectivity index (χ3v) is 8.53. The minimum Gasteiger partial charge on any atom is -0.411 e. The van der Waals surface area contributed by atoms with Gasteiger partial charge in [0.1, 0.15) is 0 Å². The number of hydrogen-bond acceptors (Lipinski definition) is 5. The van der Waals surface area contributed by atoms with Crippen molar-refractivity contribution in [2.45, 2.75) is 90.9 Å². The van der Waals surface area contributed by atoms with Crippen molar-refractivity contribution in [1.82, 2.24) is 0 Å². The summed E-state index contributed by atoms with van der Waals surface area (Å²) in [6.45, 7) is 17.5. The Hall–Kier alpha value is -1.37.